The van der Waals surface area contributed by atoms with Gasteiger partial charge in [-0.25, -0.2) is 9.97 Å². The van der Waals surface area contributed by atoms with Crippen molar-refractivity contribution in [2.24, 2.45) is 13.0 Å². The zero-order valence-electron chi connectivity index (χ0n) is 14.8. The lowest BCUT2D eigenvalue weighted by Crippen LogP contribution is -2.40. The van der Waals surface area contributed by atoms with E-state index in [9.17, 15) is 4.79 Å². The molecule has 1 saturated heterocycles. The molecular formula is C19H25N5O. The Morgan fingerprint density at radius 3 is 2.40 bits per heavy atom. The van der Waals surface area contributed by atoms with E-state index in [0.29, 0.717) is 11.8 Å². The third-order valence-electron chi connectivity index (χ3n) is 5.65. The lowest BCUT2D eigenvalue weighted by molar-refractivity contribution is -0.136. The van der Waals surface area contributed by atoms with Crippen LogP contribution in [0.25, 0.3) is 11.5 Å². The van der Waals surface area contributed by atoms with E-state index in [1.165, 1.54) is 12.8 Å². The quantitative estimate of drug-likeness (QED) is 0.862. The van der Waals surface area contributed by atoms with Gasteiger partial charge < -0.3 is 9.47 Å². The van der Waals surface area contributed by atoms with Gasteiger partial charge in [-0.1, -0.05) is 12.8 Å². The van der Waals surface area contributed by atoms with Crippen LogP contribution in [0.15, 0.2) is 24.8 Å². The number of aromatic nitrogens is 4. The third kappa shape index (κ3) is 3.30. The Bertz CT molecular complexity index is 725. The fourth-order valence-electron chi connectivity index (χ4n) is 4.10. The zero-order valence-corrected chi connectivity index (χ0v) is 14.8. The Labute approximate surface area is 148 Å². The molecule has 1 amide bonds. The number of hydrogen-bond acceptors (Lipinski definition) is 4. The number of hydrogen-bond donors (Lipinski definition) is 0. The highest BCUT2D eigenvalue weighted by Crippen LogP contribution is 2.31. The van der Waals surface area contributed by atoms with E-state index in [4.69, 9.17) is 0 Å². The van der Waals surface area contributed by atoms with Crippen molar-refractivity contribution < 1.29 is 4.79 Å². The molecule has 3 heterocycles. The predicted octanol–water partition coefficient (Wildman–Crippen LogP) is 2.77. The van der Waals surface area contributed by atoms with Crippen molar-refractivity contribution in [2.45, 2.75) is 44.4 Å². The van der Waals surface area contributed by atoms with Gasteiger partial charge in [0, 0.05) is 50.6 Å². The standard InChI is InChI=1S/C19H25N5O/c1-23-11-8-20-18(23)17-13-21-16(12-22-17)14-6-9-24(10-7-14)19(25)15-4-2-3-5-15/h8,11-15H,2-7,9-10H2,1H3. The molecule has 0 N–H and O–H groups in total. The van der Waals surface area contributed by atoms with Crippen molar-refractivity contribution in [2.75, 3.05) is 13.1 Å². The number of likely N-dealkylation sites (tertiary alicyclic amines) is 1. The van der Waals surface area contributed by atoms with Crippen molar-refractivity contribution in [3.8, 4) is 11.5 Å². The summed E-state index contributed by atoms with van der Waals surface area (Å²) in [6.45, 7) is 1.70. The highest BCUT2D eigenvalue weighted by Gasteiger charge is 2.30. The first-order valence-corrected chi connectivity index (χ1v) is 9.31. The molecule has 2 aromatic rings. The second-order valence-corrected chi connectivity index (χ2v) is 7.27. The normalized spacial score (nSPS) is 19.5. The summed E-state index contributed by atoms with van der Waals surface area (Å²) < 4.78 is 1.94. The van der Waals surface area contributed by atoms with Crippen molar-refractivity contribution in [3.63, 3.8) is 0 Å². The molecule has 0 bridgehead atoms. The summed E-state index contributed by atoms with van der Waals surface area (Å²) in [5.41, 5.74) is 1.83. The summed E-state index contributed by atoms with van der Waals surface area (Å²) in [5, 5.41) is 0. The van der Waals surface area contributed by atoms with Gasteiger partial charge in [0.25, 0.3) is 0 Å². The van der Waals surface area contributed by atoms with Gasteiger partial charge in [0.2, 0.25) is 5.91 Å². The van der Waals surface area contributed by atoms with E-state index in [2.05, 4.69) is 19.9 Å². The molecule has 25 heavy (non-hydrogen) atoms. The van der Waals surface area contributed by atoms with Crippen LogP contribution in [0.5, 0.6) is 0 Å². The minimum Gasteiger partial charge on any atom is -0.342 e. The van der Waals surface area contributed by atoms with E-state index in [-0.39, 0.29) is 5.92 Å². The number of piperidine rings is 1. The van der Waals surface area contributed by atoms with Crippen molar-refractivity contribution in [3.05, 3.63) is 30.5 Å². The SMILES string of the molecule is Cn1ccnc1-c1cnc(C2CCN(C(=O)C3CCCC3)CC2)cn1. The average Bonchev–Trinajstić information content (AvgIpc) is 3.33. The van der Waals surface area contributed by atoms with Crippen LogP contribution in [0.3, 0.4) is 0 Å². The van der Waals surface area contributed by atoms with Crippen LogP contribution in [0, 0.1) is 5.92 Å². The van der Waals surface area contributed by atoms with E-state index >= 15 is 0 Å². The average molecular weight is 339 g/mol. The Hall–Kier alpha value is -2.24. The maximum absolute atomic E-state index is 12.5. The molecule has 2 aliphatic rings. The second kappa shape index (κ2) is 6.94. The van der Waals surface area contributed by atoms with E-state index in [1.807, 2.05) is 30.2 Å². The van der Waals surface area contributed by atoms with E-state index < -0.39 is 0 Å². The largest absolute Gasteiger partial charge is 0.342 e. The molecule has 0 radical (unpaired) electrons. The molecule has 6 heteroatoms. The lowest BCUT2D eigenvalue weighted by atomic mass is 9.92. The molecule has 0 aromatic carbocycles. The summed E-state index contributed by atoms with van der Waals surface area (Å²) in [5.74, 6) is 1.90. The van der Waals surface area contributed by atoms with Crippen molar-refractivity contribution in [1.82, 2.24) is 24.4 Å². The Morgan fingerprint density at radius 2 is 1.80 bits per heavy atom. The highest BCUT2D eigenvalue weighted by molar-refractivity contribution is 5.79. The first-order valence-electron chi connectivity index (χ1n) is 9.31. The molecule has 2 aromatic heterocycles. The van der Waals surface area contributed by atoms with Crippen LogP contribution in [-0.2, 0) is 11.8 Å². The lowest BCUT2D eigenvalue weighted by Gasteiger charge is -2.33. The number of rotatable bonds is 3. The molecule has 1 saturated carbocycles. The smallest absolute Gasteiger partial charge is 0.225 e. The summed E-state index contributed by atoms with van der Waals surface area (Å²) in [7, 11) is 1.95. The van der Waals surface area contributed by atoms with E-state index in [0.717, 1.165) is 56.0 Å². The van der Waals surface area contributed by atoms with Gasteiger partial charge in [-0.2, -0.15) is 0 Å². The third-order valence-corrected chi connectivity index (χ3v) is 5.65. The van der Waals surface area contributed by atoms with Crippen LogP contribution < -0.4 is 0 Å². The Morgan fingerprint density at radius 1 is 1.04 bits per heavy atom. The van der Waals surface area contributed by atoms with Gasteiger partial charge in [0.15, 0.2) is 5.82 Å². The van der Waals surface area contributed by atoms with Gasteiger partial charge in [0.1, 0.15) is 5.69 Å². The molecule has 1 aliphatic heterocycles. The monoisotopic (exact) mass is 339 g/mol. The van der Waals surface area contributed by atoms with Crippen LogP contribution in [0.1, 0.15) is 50.1 Å². The maximum Gasteiger partial charge on any atom is 0.225 e. The fourth-order valence-corrected chi connectivity index (χ4v) is 4.10. The molecule has 0 atom stereocenters. The van der Waals surface area contributed by atoms with Crippen LogP contribution in [0.2, 0.25) is 0 Å². The minimum absolute atomic E-state index is 0.286. The minimum atomic E-state index is 0.286. The molecule has 2 fully saturated rings. The molecule has 6 nitrogen and oxygen atoms in total. The van der Waals surface area contributed by atoms with Crippen molar-refractivity contribution >= 4 is 5.91 Å². The number of carbonyl (C=O) groups excluding carboxylic acids is 1. The van der Waals surface area contributed by atoms with Crippen LogP contribution in [0.4, 0.5) is 0 Å². The number of aryl methyl sites for hydroxylation is 1. The predicted molar refractivity (Wildman–Crippen MR) is 94.7 cm³/mol. The first-order chi connectivity index (χ1) is 12.2. The number of nitrogens with zero attached hydrogens (tertiary/aromatic N) is 5. The van der Waals surface area contributed by atoms with E-state index in [1.54, 1.807) is 6.20 Å². The molecule has 4 rings (SSSR count). The Balaban J connectivity index is 1.37. The highest BCUT2D eigenvalue weighted by atomic mass is 16.2. The van der Waals surface area contributed by atoms with Crippen molar-refractivity contribution in [1.29, 1.82) is 0 Å². The number of amides is 1. The number of carbonyl (C=O) groups is 1. The van der Waals surface area contributed by atoms with Crippen LogP contribution in [-0.4, -0.2) is 43.4 Å². The van der Waals surface area contributed by atoms with Gasteiger partial charge in [-0.15, -0.1) is 0 Å². The summed E-state index contributed by atoms with van der Waals surface area (Å²) in [4.78, 5) is 28.1. The Kier molecular flexibility index (Phi) is 4.51. The van der Waals surface area contributed by atoms with Crippen LogP contribution >= 0.6 is 0 Å². The van der Waals surface area contributed by atoms with Gasteiger partial charge in [-0.05, 0) is 25.7 Å². The number of imidazole rings is 1. The molecule has 1 aliphatic carbocycles. The second-order valence-electron chi connectivity index (χ2n) is 7.27. The zero-order chi connectivity index (χ0) is 17.2. The topological polar surface area (TPSA) is 63.9 Å². The van der Waals surface area contributed by atoms with Gasteiger partial charge in [-0.3, -0.25) is 9.78 Å². The van der Waals surface area contributed by atoms with Gasteiger partial charge in [0.05, 0.1) is 11.9 Å². The molecule has 132 valence electrons. The van der Waals surface area contributed by atoms with Gasteiger partial charge >= 0.3 is 0 Å². The fraction of sp³-hybridized carbons (Fsp3) is 0.579. The summed E-state index contributed by atoms with van der Waals surface area (Å²) in [6.07, 6.45) is 13.9. The maximum atomic E-state index is 12.5. The molecule has 0 unspecified atom stereocenters. The summed E-state index contributed by atoms with van der Waals surface area (Å²) in [6, 6.07) is 0. The first kappa shape index (κ1) is 16.2. The molecular weight excluding hydrogens is 314 g/mol. The summed E-state index contributed by atoms with van der Waals surface area (Å²) >= 11 is 0. The molecule has 0 spiro atoms.